The van der Waals surface area contributed by atoms with Gasteiger partial charge in [0, 0.05) is 19.8 Å². The van der Waals surface area contributed by atoms with E-state index in [1.165, 1.54) is 16.9 Å². The van der Waals surface area contributed by atoms with E-state index in [0.29, 0.717) is 36.8 Å². The Hall–Kier alpha value is -3.95. The van der Waals surface area contributed by atoms with Crippen LogP contribution in [0.1, 0.15) is 25.1 Å². The van der Waals surface area contributed by atoms with Gasteiger partial charge in [0.25, 0.3) is 0 Å². The molecule has 0 radical (unpaired) electrons. The molecule has 198 valence electrons. The van der Waals surface area contributed by atoms with Gasteiger partial charge in [-0.2, -0.15) is 9.49 Å². The summed E-state index contributed by atoms with van der Waals surface area (Å²) in [6.45, 7) is 8.86. The van der Waals surface area contributed by atoms with Crippen LogP contribution in [0.2, 0.25) is 0 Å². The van der Waals surface area contributed by atoms with Gasteiger partial charge in [0.05, 0.1) is 35.7 Å². The Morgan fingerprint density at radius 1 is 1.14 bits per heavy atom. The van der Waals surface area contributed by atoms with E-state index in [-0.39, 0.29) is 30.2 Å². The highest BCUT2D eigenvalue weighted by molar-refractivity contribution is 5.92. The zero-order valence-corrected chi connectivity index (χ0v) is 22.0. The molecule has 0 aliphatic rings. The number of pyridine rings is 1. The fraction of sp³-hybridized carbons (Fsp3) is 0.407. The second-order valence-corrected chi connectivity index (χ2v) is 9.39. The van der Waals surface area contributed by atoms with Gasteiger partial charge in [0.15, 0.2) is 0 Å². The van der Waals surface area contributed by atoms with Crippen LogP contribution >= 0.6 is 0 Å². The van der Waals surface area contributed by atoms with Crippen molar-refractivity contribution < 1.29 is 18.7 Å². The molecule has 10 heteroatoms. The Morgan fingerprint density at radius 2 is 1.86 bits per heavy atom. The second kappa shape index (κ2) is 12.8. The number of hydrogen-bond acceptors (Lipinski definition) is 6. The Balaban J connectivity index is 1.48. The lowest BCUT2D eigenvalue weighted by Gasteiger charge is -2.21. The summed E-state index contributed by atoms with van der Waals surface area (Å²) in [5.41, 5.74) is 2.87. The molecule has 2 N–H and O–H groups in total. The average molecular weight is 511 g/mol. The molecule has 1 atom stereocenters. The van der Waals surface area contributed by atoms with Crippen molar-refractivity contribution in [2.75, 3.05) is 37.4 Å². The first-order valence-corrected chi connectivity index (χ1v) is 12.3. The van der Waals surface area contributed by atoms with Crippen LogP contribution in [0.3, 0.4) is 0 Å². The number of halogens is 1. The smallest absolute Gasteiger partial charge is 0.244 e. The summed E-state index contributed by atoms with van der Waals surface area (Å²) in [6.07, 6.45) is 3.15. The number of aryl methyl sites for hydroxylation is 2. The Kier molecular flexibility index (Phi) is 9.59. The Morgan fingerprint density at radius 3 is 2.54 bits per heavy atom. The van der Waals surface area contributed by atoms with Gasteiger partial charge in [-0.15, -0.1) is 0 Å². The largest absolute Gasteiger partial charge is 0.492 e. The van der Waals surface area contributed by atoms with Crippen LogP contribution in [0.5, 0.6) is 5.75 Å². The van der Waals surface area contributed by atoms with Gasteiger partial charge >= 0.3 is 0 Å². The van der Waals surface area contributed by atoms with E-state index >= 15 is 0 Å². The highest BCUT2D eigenvalue weighted by atomic mass is 19.1. The van der Waals surface area contributed by atoms with E-state index in [1.807, 2.05) is 45.0 Å². The number of nitrogens with zero attached hydrogens (tertiary/aromatic N) is 4. The number of ether oxygens (including phenoxy) is 1. The molecule has 1 aromatic carbocycles. The van der Waals surface area contributed by atoms with Crippen LogP contribution in [0, 0.1) is 31.6 Å². The number of nitrogens with one attached hydrogen (secondary N) is 2. The summed E-state index contributed by atoms with van der Waals surface area (Å²) in [5.74, 6) is -0.382. The maximum atomic E-state index is 13.3. The summed E-state index contributed by atoms with van der Waals surface area (Å²) in [4.78, 5) is 30.9. The third-order valence-corrected chi connectivity index (χ3v) is 6.05. The van der Waals surface area contributed by atoms with Crippen molar-refractivity contribution >= 4 is 23.2 Å². The number of carbonyl (C=O) groups excluding carboxylic acids is 2. The predicted octanol–water partition coefficient (Wildman–Crippen LogP) is 3.89. The van der Waals surface area contributed by atoms with E-state index in [4.69, 9.17) is 4.74 Å². The molecule has 9 nitrogen and oxygen atoms in total. The zero-order chi connectivity index (χ0) is 26.9. The molecule has 2 aromatic heterocycles. The highest BCUT2D eigenvalue weighted by Gasteiger charge is 2.23. The monoisotopic (exact) mass is 510 g/mol. The summed E-state index contributed by atoms with van der Waals surface area (Å²) in [6, 6.07) is 10.6. The van der Waals surface area contributed by atoms with Crippen LogP contribution in [-0.2, 0) is 16.1 Å². The summed E-state index contributed by atoms with van der Waals surface area (Å²) < 4.78 is 20.4. The number of aromatic nitrogens is 3. The predicted molar refractivity (Wildman–Crippen MR) is 141 cm³/mol. The zero-order valence-electron chi connectivity index (χ0n) is 22.0. The first-order chi connectivity index (χ1) is 17.6. The molecule has 3 aromatic rings. The number of anilines is 2. The molecule has 0 bridgehead atoms. The first kappa shape index (κ1) is 27.6. The minimum Gasteiger partial charge on any atom is -0.492 e. The topological polar surface area (TPSA) is 101 Å². The SMILES string of the molecule is Cc1ccc(OCCN(C)C(=O)Cn2cc(NC(=O)[C@@H](CNc3ccc(F)nc3C)C(C)C)cn2)cc1. The molecule has 2 heterocycles. The number of hydrogen-bond donors (Lipinski definition) is 2. The minimum absolute atomic E-state index is 0.0446. The summed E-state index contributed by atoms with van der Waals surface area (Å²) in [7, 11) is 1.71. The molecule has 0 unspecified atom stereocenters. The Bertz CT molecular complexity index is 1200. The lowest BCUT2D eigenvalue weighted by molar-refractivity contribution is -0.131. The Labute approximate surface area is 217 Å². The van der Waals surface area contributed by atoms with Crippen molar-refractivity contribution in [2.45, 2.75) is 34.2 Å². The van der Waals surface area contributed by atoms with Gasteiger partial charge in [-0.05, 0) is 44.0 Å². The first-order valence-electron chi connectivity index (χ1n) is 12.3. The molecule has 0 aliphatic heterocycles. The van der Waals surface area contributed by atoms with Crippen molar-refractivity contribution in [1.29, 1.82) is 0 Å². The molecule has 3 rings (SSSR count). The molecule has 0 saturated heterocycles. The third-order valence-electron chi connectivity index (χ3n) is 6.05. The number of benzene rings is 1. The van der Waals surface area contributed by atoms with Crippen molar-refractivity contribution in [3.63, 3.8) is 0 Å². The lowest BCUT2D eigenvalue weighted by atomic mass is 9.94. The molecule has 2 amide bonds. The summed E-state index contributed by atoms with van der Waals surface area (Å²) >= 11 is 0. The molecule has 0 fully saturated rings. The van der Waals surface area contributed by atoms with Crippen LogP contribution < -0.4 is 15.4 Å². The van der Waals surface area contributed by atoms with Gasteiger partial charge in [-0.25, -0.2) is 4.98 Å². The highest BCUT2D eigenvalue weighted by Crippen LogP contribution is 2.18. The maximum absolute atomic E-state index is 13.3. The normalized spacial score (nSPS) is 11.8. The standard InChI is InChI=1S/C27H35FN6O3/c1-18(2)23(15-29-24-10-11-25(28)31-20(24)4)27(36)32-21-14-30-34(16-21)17-26(35)33(5)12-13-37-22-8-6-19(3)7-9-22/h6-11,14,16,18,23,29H,12-13,15,17H2,1-5H3,(H,32,36)/t23-/m0/s1. The third kappa shape index (κ3) is 8.30. The molecule has 0 saturated carbocycles. The van der Waals surface area contributed by atoms with Crippen molar-refractivity contribution in [3.05, 3.63) is 66.0 Å². The van der Waals surface area contributed by atoms with E-state index in [9.17, 15) is 14.0 Å². The van der Waals surface area contributed by atoms with Crippen LogP contribution in [0.25, 0.3) is 0 Å². The van der Waals surface area contributed by atoms with Crippen LogP contribution in [0.15, 0.2) is 48.8 Å². The number of likely N-dealkylation sites (N-methyl/N-ethyl adjacent to an activating group) is 1. The van der Waals surface area contributed by atoms with E-state index in [2.05, 4.69) is 20.7 Å². The second-order valence-electron chi connectivity index (χ2n) is 9.39. The number of carbonyl (C=O) groups is 2. The van der Waals surface area contributed by atoms with E-state index in [0.717, 1.165) is 11.3 Å². The molecular weight excluding hydrogens is 475 g/mol. The van der Waals surface area contributed by atoms with Crippen molar-refractivity contribution in [3.8, 4) is 5.75 Å². The maximum Gasteiger partial charge on any atom is 0.244 e. The fourth-order valence-corrected chi connectivity index (χ4v) is 3.64. The molecule has 37 heavy (non-hydrogen) atoms. The minimum atomic E-state index is -0.543. The molecule has 0 aliphatic carbocycles. The van der Waals surface area contributed by atoms with Gasteiger partial charge in [0.1, 0.15) is 18.9 Å². The van der Waals surface area contributed by atoms with Crippen LogP contribution in [-0.4, -0.2) is 58.2 Å². The molecule has 0 spiro atoms. The van der Waals surface area contributed by atoms with E-state index < -0.39 is 5.95 Å². The van der Waals surface area contributed by atoms with Crippen molar-refractivity contribution in [2.24, 2.45) is 11.8 Å². The summed E-state index contributed by atoms with van der Waals surface area (Å²) in [5, 5.41) is 10.3. The number of amides is 2. The van der Waals surface area contributed by atoms with E-state index in [1.54, 1.807) is 31.1 Å². The van der Waals surface area contributed by atoms with Gasteiger partial charge in [0.2, 0.25) is 17.8 Å². The quantitative estimate of drug-likeness (QED) is 0.359. The molecular formula is C27H35FN6O3. The van der Waals surface area contributed by atoms with Gasteiger partial charge in [-0.1, -0.05) is 31.5 Å². The average Bonchev–Trinajstić information content (AvgIpc) is 3.27. The van der Waals surface area contributed by atoms with Crippen LogP contribution in [0.4, 0.5) is 15.8 Å². The van der Waals surface area contributed by atoms with Gasteiger partial charge < -0.3 is 20.3 Å². The lowest BCUT2D eigenvalue weighted by Crippen LogP contribution is -2.33. The van der Waals surface area contributed by atoms with Gasteiger partial charge in [-0.3, -0.25) is 14.3 Å². The fourth-order valence-electron chi connectivity index (χ4n) is 3.64. The van der Waals surface area contributed by atoms with Crippen molar-refractivity contribution in [1.82, 2.24) is 19.7 Å². The number of rotatable bonds is 12.